The Morgan fingerprint density at radius 3 is 2.74 bits per heavy atom. The van der Waals surface area contributed by atoms with Crippen molar-refractivity contribution in [2.45, 2.75) is 12.8 Å². The van der Waals surface area contributed by atoms with Crippen LogP contribution >= 0.6 is 11.3 Å². The number of carbonyl (C=O) groups excluding carboxylic acids is 1. The molecule has 5 heteroatoms. The van der Waals surface area contributed by atoms with Gasteiger partial charge in [-0.2, -0.15) is 0 Å². The molecular weight excluding hydrogens is 306 g/mol. The molecule has 0 aliphatic carbocycles. The van der Waals surface area contributed by atoms with Gasteiger partial charge in [-0.3, -0.25) is 9.78 Å². The third kappa shape index (κ3) is 2.53. The summed E-state index contributed by atoms with van der Waals surface area (Å²) in [5, 5.41) is 3.07. The molecule has 0 bridgehead atoms. The van der Waals surface area contributed by atoms with Crippen molar-refractivity contribution >= 4 is 22.9 Å². The lowest BCUT2D eigenvalue weighted by molar-refractivity contribution is -0.118. The van der Waals surface area contributed by atoms with E-state index in [0.29, 0.717) is 6.42 Å². The quantitative estimate of drug-likeness (QED) is 0.721. The summed E-state index contributed by atoms with van der Waals surface area (Å²) in [5.41, 5.74) is 5.38. The van der Waals surface area contributed by atoms with Gasteiger partial charge in [-0.25, -0.2) is 4.98 Å². The summed E-state index contributed by atoms with van der Waals surface area (Å²) in [5.74, 6) is 0.180. The standard InChI is InChI=1S/C18H15N3OS/c1-21-16-4-2-13(10-14(16)3-5-17(21)22)15-11-23-18(20-15)12-6-8-19-9-7-12/h2,4,6-11H,3,5H2,1H3. The first-order chi connectivity index (χ1) is 11.2. The number of anilines is 1. The first-order valence-electron chi connectivity index (χ1n) is 7.48. The van der Waals surface area contributed by atoms with Gasteiger partial charge in [0.1, 0.15) is 5.01 Å². The van der Waals surface area contributed by atoms with E-state index in [2.05, 4.69) is 16.4 Å². The van der Waals surface area contributed by atoms with Gasteiger partial charge in [0.25, 0.3) is 0 Å². The van der Waals surface area contributed by atoms with Gasteiger partial charge in [-0.05, 0) is 36.2 Å². The van der Waals surface area contributed by atoms with Gasteiger partial charge >= 0.3 is 0 Å². The highest BCUT2D eigenvalue weighted by atomic mass is 32.1. The highest BCUT2D eigenvalue weighted by Crippen LogP contribution is 2.33. The number of aryl methyl sites for hydroxylation is 1. The number of pyridine rings is 1. The van der Waals surface area contributed by atoms with Crippen molar-refractivity contribution in [3.63, 3.8) is 0 Å². The number of hydrogen-bond acceptors (Lipinski definition) is 4. The summed E-state index contributed by atoms with van der Waals surface area (Å²) in [7, 11) is 1.84. The Kier molecular flexibility index (Phi) is 3.42. The first kappa shape index (κ1) is 14.1. The van der Waals surface area contributed by atoms with Crippen LogP contribution < -0.4 is 4.90 Å². The van der Waals surface area contributed by atoms with Crippen LogP contribution in [0.25, 0.3) is 21.8 Å². The molecule has 0 saturated heterocycles. The normalized spacial score (nSPS) is 14.0. The topological polar surface area (TPSA) is 46.1 Å². The van der Waals surface area contributed by atoms with Crippen LogP contribution in [0.1, 0.15) is 12.0 Å². The van der Waals surface area contributed by atoms with Crippen molar-refractivity contribution in [1.82, 2.24) is 9.97 Å². The summed E-state index contributed by atoms with van der Waals surface area (Å²) < 4.78 is 0. The van der Waals surface area contributed by atoms with Gasteiger partial charge in [0.2, 0.25) is 5.91 Å². The van der Waals surface area contributed by atoms with Crippen LogP contribution in [0.5, 0.6) is 0 Å². The number of fused-ring (bicyclic) bond motifs is 1. The zero-order chi connectivity index (χ0) is 15.8. The Morgan fingerprint density at radius 2 is 1.91 bits per heavy atom. The smallest absolute Gasteiger partial charge is 0.227 e. The molecular formula is C18H15N3OS. The molecule has 23 heavy (non-hydrogen) atoms. The molecule has 114 valence electrons. The molecule has 1 aliphatic rings. The van der Waals surface area contributed by atoms with E-state index in [1.165, 1.54) is 5.56 Å². The van der Waals surface area contributed by atoms with Crippen LogP contribution in [0.3, 0.4) is 0 Å². The maximum Gasteiger partial charge on any atom is 0.227 e. The molecule has 1 amide bonds. The highest BCUT2D eigenvalue weighted by Gasteiger charge is 2.21. The third-order valence-electron chi connectivity index (χ3n) is 4.15. The minimum absolute atomic E-state index is 0.180. The molecule has 0 spiro atoms. The van der Waals surface area contributed by atoms with E-state index in [0.717, 1.165) is 33.9 Å². The van der Waals surface area contributed by atoms with Gasteiger partial charge in [-0.1, -0.05) is 6.07 Å². The Bertz CT molecular complexity index is 873. The lowest BCUT2D eigenvalue weighted by Crippen LogP contribution is -2.30. The van der Waals surface area contributed by atoms with Crippen LogP contribution in [-0.4, -0.2) is 22.9 Å². The van der Waals surface area contributed by atoms with E-state index >= 15 is 0 Å². The molecule has 0 radical (unpaired) electrons. The van der Waals surface area contributed by atoms with Gasteiger partial charge in [0, 0.05) is 48.1 Å². The second kappa shape index (κ2) is 5.59. The summed E-state index contributed by atoms with van der Waals surface area (Å²) in [4.78, 5) is 22.3. The SMILES string of the molecule is CN1C(=O)CCc2cc(-c3csc(-c4ccncc4)n3)ccc21. The van der Waals surface area contributed by atoms with Gasteiger partial charge in [-0.15, -0.1) is 11.3 Å². The number of carbonyl (C=O) groups is 1. The fraction of sp³-hybridized carbons (Fsp3) is 0.167. The number of amides is 1. The fourth-order valence-electron chi connectivity index (χ4n) is 2.85. The minimum atomic E-state index is 0.180. The number of hydrogen-bond donors (Lipinski definition) is 0. The molecule has 0 atom stereocenters. The molecule has 3 aromatic rings. The predicted molar refractivity (Wildman–Crippen MR) is 92.5 cm³/mol. The molecule has 4 rings (SSSR count). The maximum absolute atomic E-state index is 11.8. The number of thiazole rings is 1. The van der Waals surface area contributed by atoms with Crippen molar-refractivity contribution in [2.24, 2.45) is 0 Å². The average Bonchev–Trinajstić information content (AvgIpc) is 3.09. The second-order valence-corrected chi connectivity index (χ2v) is 6.43. The molecule has 1 aromatic carbocycles. The van der Waals surface area contributed by atoms with Gasteiger partial charge in [0.15, 0.2) is 0 Å². The van der Waals surface area contributed by atoms with Crippen LogP contribution in [0, 0.1) is 0 Å². The number of aromatic nitrogens is 2. The van der Waals surface area contributed by atoms with E-state index in [9.17, 15) is 4.79 Å². The summed E-state index contributed by atoms with van der Waals surface area (Å²) in [6.07, 6.45) is 4.93. The largest absolute Gasteiger partial charge is 0.315 e. The van der Waals surface area contributed by atoms with E-state index in [1.54, 1.807) is 28.6 Å². The number of nitrogens with zero attached hydrogens (tertiary/aromatic N) is 3. The first-order valence-corrected chi connectivity index (χ1v) is 8.36. The minimum Gasteiger partial charge on any atom is -0.315 e. The molecule has 0 unspecified atom stereocenters. The molecule has 4 nitrogen and oxygen atoms in total. The number of benzene rings is 1. The van der Waals surface area contributed by atoms with Crippen molar-refractivity contribution < 1.29 is 4.79 Å². The summed E-state index contributed by atoms with van der Waals surface area (Å²) >= 11 is 1.63. The molecule has 1 aliphatic heterocycles. The van der Waals surface area contributed by atoms with Crippen molar-refractivity contribution in [1.29, 1.82) is 0 Å². The average molecular weight is 321 g/mol. The van der Waals surface area contributed by atoms with Crippen LogP contribution in [-0.2, 0) is 11.2 Å². The van der Waals surface area contributed by atoms with Crippen molar-refractivity contribution in [3.8, 4) is 21.8 Å². The van der Waals surface area contributed by atoms with Crippen molar-refractivity contribution in [3.05, 3.63) is 53.7 Å². The molecule has 0 saturated carbocycles. The van der Waals surface area contributed by atoms with Gasteiger partial charge in [0.05, 0.1) is 5.69 Å². The third-order valence-corrected chi connectivity index (χ3v) is 5.04. The lowest BCUT2D eigenvalue weighted by atomic mass is 9.98. The predicted octanol–water partition coefficient (Wildman–Crippen LogP) is 3.78. The molecule has 0 N–H and O–H groups in total. The van der Waals surface area contributed by atoms with Crippen molar-refractivity contribution in [2.75, 3.05) is 11.9 Å². The highest BCUT2D eigenvalue weighted by molar-refractivity contribution is 7.13. The van der Waals surface area contributed by atoms with E-state index < -0.39 is 0 Å². The Balaban J connectivity index is 1.70. The van der Waals surface area contributed by atoms with E-state index in [1.807, 2.05) is 31.3 Å². The monoisotopic (exact) mass is 321 g/mol. The van der Waals surface area contributed by atoms with Gasteiger partial charge < -0.3 is 4.90 Å². The molecule has 2 aromatic heterocycles. The maximum atomic E-state index is 11.8. The van der Waals surface area contributed by atoms with Crippen LogP contribution in [0.4, 0.5) is 5.69 Å². The Labute approximate surface area is 138 Å². The zero-order valence-electron chi connectivity index (χ0n) is 12.7. The zero-order valence-corrected chi connectivity index (χ0v) is 13.5. The Morgan fingerprint density at radius 1 is 1.09 bits per heavy atom. The lowest BCUT2D eigenvalue weighted by Gasteiger charge is -2.26. The molecule has 3 heterocycles. The number of rotatable bonds is 2. The molecule has 0 fully saturated rings. The Hall–Kier alpha value is -2.53. The summed E-state index contributed by atoms with van der Waals surface area (Å²) in [6, 6.07) is 10.2. The second-order valence-electron chi connectivity index (χ2n) is 5.57. The van der Waals surface area contributed by atoms with E-state index in [-0.39, 0.29) is 5.91 Å². The summed E-state index contributed by atoms with van der Waals surface area (Å²) in [6.45, 7) is 0. The van der Waals surface area contributed by atoms with Crippen LogP contribution in [0.15, 0.2) is 48.1 Å². The van der Waals surface area contributed by atoms with E-state index in [4.69, 9.17) is 4.98 Å². The van der Waals surface area contributed by atoms with Crippen LogP contribution in [0.2, 0.25) is 0 Å². The fourth-order valence-corrected chi connectivity index (χ4v) is 3.68.